The number of aliphatic hydroxyl groups excluding tert-OH is 1. The maximum Gasteiger partial charge on any atom is 0.278 e. The van der Waals surface area contributed by atoms with Gasteiger partial charge in [0.05, 0.1) is 13.2 Å². The quantitative estimate of drug-likeness (QED) is 0.201. The molecule has 4 rings (SSSR count). The minimum Gasteiger partial charge on any atom is -0.384 e. The Morgan fingerprint density at radius 1 is 1.20 bits per heavy atom. The third-order valence-electron chi connectivity index (χ3n) is 6.37. The molecule has 35 heavy (non-hydrogen) atoms. The van der Waals surface area contributed by atoms with E-state index in [1.54, 1.807) is 20.8 Å². The Balaban J connectivity index is 1.74. The van der Waals surface area contributed by atoms with Crippen LogP contribution in [0.4, 0.5) is 0 Å². The molecule has 0 aromatic carbocycles. The predicted molar refractivity (Wildman–Crippen MR) is 123 cm³/mol. The fourth-order valence-electron chi connectivity index (χ4n) is 4.51. The number of likely N-dealkylation sites (N-methyl/N-ethyl adjacent to an activating group) is 1. The summed E-state index contributed by atoms with van der Waals surface area (Å²) in [7, 11) is 1.45. The summed E-state index contributed by atoms with van der Waals surface area (Å²) in [5.74, 6) is -4.07. The van der Waals surface area contributed by atoms with E-state index in [9.17, 15) is 29.4 Å². The molecule has 0 saturated carbocycles. The molecule has 4 amide bonds. The van der Waals surface area contributed by atoms with Crippen molar-refractivity contribution in [2.24, 2.45) is 5.92 Å². The summed E-state index contributed by atoms with van der Waals surface area (Å²) in [6.45, 7) is 6.03. The zero-order valence-corrected chi connectivity index (χ0v) is 21.2. The molecule has 2 unspecified atom stereocenters. The highest BCUT2D eigenvalue weighted by molar-refractivity contribution is 7.99. The van der Waals surface area contributed by atoms with Crippen LogP contribution in [0.1, 0.15) is 34.1 Å². The Labute approximate surface area is 207 Å². The minimum absolute atomic E-state index is 0.0558. The molecular weight excluding hydrogens is 484 g/mol. The van der Waals surface area contributed by atoms with Crippen LogP contribution < -0.4 is 21.3 Å². The smallest absolute Gasteiger partial charge is 0.278 e. The van der Waals surface area contributed by atoms with Crippen LogP contribution in [0.15, 0.2) is 0 Å². The number of thioether (sulfide) groups is 1. The SMILES string of the molecule is CNC(=O)C(CSCC1CCO[C@]2([C@@H](O)[C@]3(C)COC(C)(C)O3)NC(=O)[C@@]1(O)NC2=O)NC(C)=O. The molecule has 4 aliphatic heterocycles. The van der Waals surface area contributed by atoms with Crippen molar-refractivity contribution in [3.05, 3.63) is 0 Å². The van der Waals surface area contributed by atoms with Gasteiger partial charge >= 0.3 is 0 Å². The summed E-state index contributed by atoms with van der Waals surface area (Å²) < 4.78 is 17.2. The topological polar surface area (TPSA) is 185 Å². The van der Waals surface area contributed by atoms with Crippen LogP contribution >= 0.6 is 11.8 Å². The molecule has 4 fully saturated rings. The number of fused-ring (bicyclic) bond motifs is 5. The average molecular weight is 519 g/mol. The number of aliphatic hydroxyl groups is 2. The molecular formula is C21H34N4O9S. The first-order valence-corrected chi connectivity index (χ1v) is 12.4. The molecule has 0 aromatic rings. The van der Waals surface area contributed by atoms with Crippen LogP contribution in [0.2, 0.25) is 0 Å². The summed E-state index contributed by atoms with van der Waals surface area (Å²) in [6, 6.07) is -0.807. The summed E-state index contributed by atoms with van der Waals surface area (Å²) in [4.78, 5) is 49.7. The average Bonchev–Trinajstić information content (AvgIpc) is 3.06. The van der Waals surface area contributed by atoms with E-state index in [4.69, 9.17) is 14.2 Å². The van der Waals surface area contributed by atoms with Gasteiger partial charge in [0.1, 0.15) is 17.7 Å². The largest absolute Gasteiger partial charge is 0.384 e. The molecule has 6 atom stereocenters. The highest BCUT2D eigenvalue weighted by Crippen LogP contribution is 2.40. The highest BCUT2D eigenvalue weighted by atomic mass is 32.2. The van der Waals surface area contributed by atoms with Crippen LogP contribution in [0, 0.1) is 5.92 Å². The number of rotatable bonds is 8. The van der Waals surface area contributed by atoms with Gasteiger partial charge in [0.15, 0.2) is 5.79 Å². The van der Waals surface area contributed by atoms with Gasteiger partial charge in [-0.15, -0.1) is 0 Å². The number of carbonyl (C=O) groups excluding carboxylic acids is 4. The lowest BCUT2D eigenvalue weighted by Crippen LogP contribution is -2.83. The van der Waals surface area contributed by atoms with Crippen LogP contribution in [-0.2, 0) is 33.4 Å². The van der Waals surface area contributed by atoms with Gasteiger partial charge in [0.2, 0.25) is 17.5 Å². The van der Waals surface area contributed by atoms with Gasteiger partial charge in [-0.2, -0.15) is 11.8 Å². The Hall–Kier alpha value is -1.97. The molecule has 4 heterocycles. The first kappa shape index (κ1) is 27.6. The summed E-state index contributed by atoms with van der Waals surface area (Å²) in [5, 5.41) is 32.1. The summed E-state index contributed by atoms with van der Waals surface area (Å²) in [6.07, 6.45) is -1.49. The van der Waals surface area contributed by atoms with Crippen molar-refractivity contribution < 1.29 is 43.6 Å². The number of carbonyl (C=O) groups is 4. The van der Waals surface area contributed by atoms with Crippen molar-refractivity contribution in [1.82, 2.24) is 21.3 Å². The van der Waals surface area contributed by atoms with Crippen LogP contribution in [0.25, 0.3) is 0 Å². The van der Waals surface area contributed by atoms with Crippen molar-refractivity contribution in [3.63, 3.8) is 0 Å². The number of hydrogen-bond donors (Lipinski definition) is 6. The van der Waals surface area contributed by atoms with Gasteiger partial charge < -0.3 is 45.7 Å². The van der Waals surface area contributed by atoms with Crippen molar-refractivity contribution >= 4 is 35.4 Å². The second-order valence-electron chi connectivity index (χ2n) is 9.65. The Morgan fingerprint density at radius 3 is 2.46 bits per heavy atom. The zero-order valence-electron chi connectivity index (χ0n) is 20.4. The van der Waals surface area contributed by atoms with Gasteiger partial charge in [-0.25, -0.2) is 0 Å². The Bertz CT molecular complexity index is 889. The highest BCUT2D eigenvalue weighted by Gasteiger charge is 2.66. The maximum atomic E-state index is 13.2. The van der Waals surface area contributed by atoms with Crippen LogP contribution in [-0.4, -0.2) is 101 Å². The lowest BCUT2D eigenvalue weighted by Gasteiger charge is -2.51. The Kier molecular flexibility index (Phi) is 7.75. The van der Waals surface area contributed by atoms with Crippen molar-refractivity contribution in [2.75, 3.05) is 31.8 Å². The molecule has 6 N–H and O–H groups in total. The predicted octanol–water partition coefficient (Wildman–Crippen LogP) is -2.46. The first-order chi connectivity index (χ1) is 16.2. The molecule has 0 aromatic heterocycles. The van der Waals surface area contributed by atoms with Crippen molar-refractivity contribution in [1.29, 1.82) is 0 Å². The van der Waals surface area contributed by atoms with E-state index in [0.29, 0.717) is 0 Å². The summed E-state index contributed by atoms with van der Waals surface area (Å²) in [5.41, 5.74) is -5.83. The molecule has 13 nitrogen and oxygen atoms in total. The zero-order chi connectivity index (χ0) is 26.2. The monoisotopic (exact) mass is 518 g/mol. The number of piperazine rings is 1. The second kappa shape index (κ2) is 9.82. The third-order valence-corrected chi connectivity index (χ3v) is 7.57. The maximum absolute atomic E-state index is 13.2. The standard InChI is InChI=1S/C21H34N4O9S/c1-11(26)23-13(14(27)22-5)9-35-8-12-6-7-32-21(17(30)24-20(12,31)16(29)25-21)15(28)19(4)10-33-18(2,3)34-19/h12-13,15,28,31H,6-10H2,1-5H3,(H,22,27)(H,23,26)(H,24,30)(H,25,29)/t12?,13?,15-,19-,20+,21-/m0/s1. The molecule has 4 saturated heterocycles. The second-order valence-corrected chi connectivity index (χ2v) is 10.7. The van der Waals surface area contributed by atoms with E-state index in [0.717, 1.165) is 0 Å². The number of hydrogen-bond acceptors (Lipinski definition) is 10. The van der Waals surface area contributed by atoms with E-state index in [1.807, 2.05) is 0 Å². The third kappa shape index (κ3) is 5.27. The van der Waals surface area contributed by atoms with Gasteiger partial charge in [-0.3, -0.25) is 19.2 Å². The van der Waals surface area contributed by atoms with Crippen molar-refractivity contribution in [2.45, 2.75) is 69.1 Å². The molecule has 0 aliphatic carbocycles. The molecule has 4 aliphatic rings. The molecule has 0 radical (unpaired) electrons. The first-order valence-electron chi connectivity index (χ1n) is 11.3. The van der Waals surface area contributed by atoms with Gasteiger partial charge in [-0.1, -0.05) is 0 Å². The van der Waals surface area contributed by atoms with Gasteiger partial charge in [0.25, 0.3) is 17.5 Å². The molecule has 14 heteroatoms. The van der Waals surface area contributed by atoms with Crippen LogP contribution in [0.3, 0.4) is 0 Å². The molecule has 2 bridgehead atoms. The lowest BCUT2D eigenvalue weighted by molar-refractivity contribution is -0.247. The fraction of sp³-hybridized carbons (Fsp3) is 0.810. The van der Waals surface area contributed by atoms with Gasteiger partial charge in [0, 0.05) is 31.4 Å². The van der Waals surface area contributed by atoms with Crippen LogP contribution in [0.5, 0.6) is 0 Å². The fourth-order valence-corrected chi connectivity index (χ4v) is 5.81. The lowest BCUT2D eigenvalue weighted by atomic mass is 9.83. The van der Waals surface area contributed by atoms with E-state index in [2.05, 4.69) is 21.3 Å². The molecule has 0 spiro atoms. The van der Waals surface area contributed by atoms with E-state index < -0.39 is 52.7 Å². The number of nitrogens with one attached hydrogen (secondary N) is 4. The van der Waals surface area contributed by atoms with E-state index in [1.165, 1.54) is 25.7 Å². The van der Waals surface area contributed by atoms with Gasteiger partial charge in [-0.05, 0) is 27.2 Å². The summed E-state index contributed by atoms with van der Waals surface area (Å²) >= 11 is 1.22. The van der Waals surface area contributed by atoms with E-state index in [-0.39, 0.29) is 43.0 Å². The van der Waals surface area contributed by atoms with Crippen molar-refractivity contribution in [3.8, 4) is 0 Å². The normalized spacial score (nSPS) is 35.8. The number of ether oxygens (including phenoxy) is 3. The minimum atomic E-state index is -2.26. The number of amides is 4. The molecule has 198 valence electrons. The Morgan fingerprint density at radius 2 is 1.89 bits per heavy atom. The van der Waals surface area contributed by atoms with E-state index >= 15 is 0 Å².